The molecule has 0 radical (unpaired) electrons. The second-order valence-corrected chi connectivity index (χ2v) is 5.70. The van der Waals surface area contributed by atoms with Crippen LogP contribution in [0.4, 0.5) is 0 Å². The average molecular weight is 315 g/mol. The first kappa shape index (κ1) is 15.5. The number of hydrogen-bond donors (Lipinski definition) is 0. The fraction of sp³-hybridized carbons (Fsp3) is 0.389. The number of methoxy groups -OCH3 is 2. The number of nitrogens with zero attached hydrogens (tertiary/aromatic N) is 1. The van der Waals surface area contributed by atoms with E-state index in [-0.39, 0.29) is 5.91 Å². The molecule has 5 nitrogen and oxygen atoms in total. The van der Waals surface area contributed by atoms with Gasteiger partial charge in [0, 0.05) is 18.7 Å². The van der Waals surface area contributed by atoms with Crippen molar-refractivity contribution < 1.29 is 18.7 Å². The molecule has 0 bridgehead atoms. The molecule has 0 N–H and O–H groups in total. The van der Waals surface area contributed by atoms with Crippen LogP contribution >= 0.6 is 0 Å². The van der Waals surface area contributed by atoms with Gasteiger partial charge in [-0.3, -0.25) is 4.79 Å². The van der Waals surface area contributed by atoms with Crippen molar-refractivity contribution in [2.75, 3.05) is 27.3 Å². The molecule has 0 unspecified atom stereocenters. The summed E-state index contributed by atoms with van der Waals surface area (Å²) in [4.78, 5) is 14.5. The maximum atomic E-state index is 12.6. The third kappa shape index (κ3) is 2.91. The first-order valence-electron chi connectivity index (χ1n) is 7.71. The molecule has 0 atom stereocenters. The number of aryl methyl sites for hydroxylation is 1. The Kier molecular flexibility index (Phi) is 4.28. The number of fused-ring (bicyclic) bond motifs is 1. The van der Waals surface area contributed by atoms with Gasteiger partial charge in [0.1, 0.15) is 0 Å². The molecule has 122 valence electrons. The number of carbonyl (C=O) groups excluding carboxylic acids is 1. The zero-order chi connectivity index (χ0) is 16.4. The van der Waals surface area contributed by atoms with E-state index in [9.17, 15) is 4.79 Å². The van der Waals surface area contributed by atoms with Gasteiger partial charge in [-0.25, -0.2) is 0 Å². The summed E-state index contributed by atoms with van der Waals surface area (Å²) in [6.45, 7) is 3.22. The summed E-state index contributed by atoms with van der Waals surface area (Å²) in [5, 5.41) is 0. The highest BCUT2D eigenvalue weighted by atomic mass is 16.5. The normalized spacial score (nSPS) is 14.1. The minimum atomic E-state index is -0.0424. The fourth-order valence-corrected chi connectivity index (χ4v) is 2.99. The van der Waals surface area contributed by atoms with Crippen LogP contribution in [0.1, 0.15) is 27.2 Å². The third-order valence-electron chi connectivity index (χ3n) is 4.35. The Hall–Kier alpha value is -2.43. The number of benzene rings is 1. The zero-order valence-electron chi connectivity index (χ0n) is 13.7. The van der Waals surface area contributed by atoms with Crippen LogP contribution in [0.3, 0.4) is 0 Å². The minimum absolute atomic E-state index is 0.0424. The molecule has 0 saturated carbocycles. The molecule has 1 aromatic heterocycles. The van der Waals surface area contributed by atoms with Gasteiger partial charge in [0.25, 0.3) is 5.91 Å². The Labute approximate surface area is 135 Å². The predicted molar refractivity (Wildman–Crippen MR) is 86.3 cm³/mol. The van der Waals surface area contributed by atoms with Gasteiger partial charge in [-0.2, -0.15) is 0 Å². The Morgan fingerprint density at radius 3 is 2.09 bits per heavy atom. The number of carbonyl (C=O) groups is 1. The first-order valence-corrected chi connectivity index (χ1v) is 7.71. The van der Waals surface area contributed by atoms with Gasteiger partial charge in [0.15, 0.2) is 17.3 Å². The van der Waals surface area contributed by atoms with Crippen molar-refractivity contribution in [2.45, 2.75) is 19.8 Å². The molecule has 5 heteroatoms. The molecule has 0 aliphatic carbocycles. The lowest BCUT2D eigenvalue weighted by molar-refractivity contribution is 0.0730. The lowest BCUT2D eigenvalue weighted by atomic mass is 10.0. The maximum absolute atomic E-state index is 12.6. The molecule has 1 amide bonds. The molecule has 2 aromatic rings. The molecule has 0 fully saturated rings. The van der Waals surface area contributed by atoms with E-state index in [1.54, 1.807) is 20.5 Å². The number of hydrogen-bond acceptors (Lipinski definition) is 4. The first-order chi connectivity index (χ1) is 11.1. The monoisotopic (exact) mass is 315 g/mol. The highest BCUT2D eigenvalue weighted by Gasteiger charge is 2.24. The summed E-state index contributed by atoms with van der Waals surface area (Å²) >= 11 is 0. The van der Waals surface area contributed by atoms with Crippen LogP contribution in [-0.4, -0.2) is 38.1 Å². The SMILES string of the molecule is COc1cc2c(cc1OC)CCN(C(=O)c1occc1C)CC2. The van der Waals surface area contributed by atoms with Gasteiger partial charge in [-0.1, -0.05) is 0 Å². The molecule has 3 rings (SSSR count). The highest BCUT2D eigenvalue weighted by molar-refractivity contribution is 5.92. The molecule has 23 heavy (non-hydrogen) atoms. The van der Waals surface area contributed by atoms with E-state index >= 15 is 0 Å². The quantitative estimate of drug-likeness (QED) is 0.874. The fourth-order valence-electron chi connectivity index (χ4n) is 2.99. The Morgan fingerprint density at radius 1 is 1.09 bits per heavy atom. The molecular formula is C18H21NO4. The van der Waals surface area contributed by atoms with Crippen LogP contribution in [0.15, 0.2) is 28.9 Å². The Bertz CT molecular complexity index is 685. The number of rotatable bonds is 3. The van der Waals surface area contributed by atoms with E-state index in [1.807, 2.05) is 30.0 Å². The van der Waals surface area contributed by atoms with Crippen molar-refractivity contribution in [3.63, 3.8) is 0 Å². The van der Waals surface area contributed by atoms with E-state index in [0.717, 1.165) is 29.9 Å². The zero-order valence-corrected chi connectivity index (χ0v) is 13.7. The van der Waals surface area contributed by atoms with Gasteiger partial charge in [0.05, 0.1) is 20.5 Å². The van der Waals surface area contributed by atoms with Crippen molar-refractivity contribution in [2.24, 2.45) is 0 Å². The van der Waals surface area contributed by atoms with E-state index < -0.39 is 0 Å². The van der Waals surface area contributed by atoms with Gasteiger partial charge >= 0.3 is 0 Å². The van der Waals surface area contributed by atoms with E-state index in [1.165, 1.54) is 11.1 Å². The van der Waals surface area contributed by atoms with Crippen LogP contribution < -0.4 is 9.47 Å². The molecule has 1 aliphatic rings. The average Bonchev–Trinajstić information content (AvgIpc) is 2.89. The highest BCUT2D eigenvalue weighted by Crippen LogP contribution is 2.32. The van der Waals surface area contributed by atoms with Crippen LogP contribution in [-0.2, 0) is 12.8 Å². The summed E-state index contributed by atoms with van der Waals surface area (Å²) in [5.41, 5.74) is 3.28. The Balaban J connectivity index is 1.82. The topological polar surface area (TPSA) is 51.9 Å². The summed E-state index contributed by atoms with van der Waals surface area (Å²) in [6.07, 6.45) is 3.15. The minimum Gasteiger partial charge on any atom is -0.493 e. The second-order valence-electron chi connectivity index (χ2n) is 5.70. The van der Waals surface area contributed by atoms with Gasteiger partial charge in [0.2, 0.25) is 0 Å². The van der Waals surface area contributed by atoms with Crippen molar-refractivity contribution in [1.29, 1.82) is 0 Å². The number of ether oxygens (including phenoxy) is 2. The summed E-state index contributed by atoms with van der Waals surface area (Å²) in [6, 6.07) is 5.84. The summed E-state index contributed by atoms with van der Waals surface area (Å²) in [5.74, 6) is 1.85. The molecular weight excluding hydrogens is 294 g/mol. The second kappa shape index (κ2) is 6.36. The van der Waals surface area contributed by atoms with Crippen LogP contribution in [0.5, 0.6) is 11.5 Å². The molecule has 1 aromatic carbocycles. The van der Waals surface area contributed by atoms with E-state index in [0.29, 0.717) is 18.8 Å². The smallest absolute Gasteiger partial charge is 0.289 e. The largest absolute Gasteiger partial charge is 0.493 e. The van der Waals surface area contributed by atoms with Gasteiger partial charge in [-0.15, -0.1) is 0 Å². The van der Waals surface area contributed by atoms with Crippen LogP contribution in [0.25, 0.3) is 0 Å². The molecule has 0 saturated heterocycles. The van der Waals surface area contributed by atoms with Gasteiger partial charge in [-0.05, 0) is 49.1 Å². The summed E-state index contributed by atoms with van der Waals surface area (Å²) < 4.78 is 16.1. The lowest BCUT2D eigenvalue weighted by Crippen LogP contribution is -2.33. The van der Waals surface area contributed by atoms with Crippen LogP contribution in [0.2, 0.25) is 0 Å². The van der Waals surface area contributed by atoms with Crippen molar-refractivity contribution >= 4 is 5.91 Å². The van der Waals surface area contributed by atoms with Gasteiger partial charge < -0.3 is 18.8 Å². The van der Waals surface area contributed by atoms with Crippen LogP contribution in [0, 0.1) is 6.92 Å². The Morgan fingerprint density at radius 2 is 1.65 bits per heavy atom. The predicted octanol–water partition coefficient (Wildman–Crippen LogP) is 2.85. The molecule has 0 spiro atoms. The van der Waals surface area contributed by atoms with Crippen molar-refractivity contribution in [3.05, 3.63) is 46.9 Å². The van der Waals surface area contributed by atoms with Crippen molar-refractivity contribution in [1.82, 2.24) is 4.90 Å². The van der Waals surface area contributed by atoms with Crippen molar-refractivity contribution in [3.8, 4) is 11.5 Å². The molecule has 1 aliphatic heterocycles. The standard InChI is InChI=1S/C18H21NO4/c1-12-6-9-23-17(12)18(20)19-7-4-13-10-15(21-2)16(22-3)11-14(13)5-8-19/h6,9-11H,4-5,7-8H2,1-3H3. The van der Waals surface area contributed by atoms with E-state index in [2.05, 4.69) is 0 Å². The number of amides is 1. The molecule has 2 heterocycles. The number of furan rings is 1. The lowest BCUT2D eigenvalue weighted by Gasteiger charge is -2.19. The van der Waals surface area contributed by atoms with E-state index in [4.69, 9.17) is 13.9 Å². The maximum Gasteiger partial charge on any atom is 0.289 e. The third-order valence-corrected chi connectivity index (χ3v) is 4.35. The summed E-state index contributed by atoms with van der Waals surface area (Å²) in [7, 11) is 3.27.